The molecule has 0 saturated carbocycles. The Balaban J connectivity index is 1.66. The molecule has 0 unspecified atom stereocenters. The van der Waals surface area contributed by atoms with Crippen molar-refractivity contribution in [2.24, 2.45) is 0 Å². The number of nitrogens with zero attached hydrogens (tertiary/aromatic N) is 6. The van der Waals surface area contributed by atoms with Crippen LogP contribution in [0.2, 0.25) is 0 Å². The van der Waals surface area contributed by atoms with Crippen molar-refractivity contribution in [3.8, 4) is 6.01 Å². The van der Waals surface area contributed by atoms with Crippen molar-refractivity contribution < 1.29 is 61.7 Å². The summed E-state index contributed by atoms with van der Waals surface area (Å²) >= 11 is 0. The number of anilines is 2. The van der Waals surface area contributed by atoms with Crippen molar-refractivity contribution in [1.29, 1.82) is 0 Å². The highest BCUT2D eigenvalue weighted by Crippen LogP contribution is 2.49. The summed E-state index contributed by atoms with van der Waals surface area (Å²) in [5, 5.41) is 28.7. The molecule has 0 aliphatic rings. The molecule has 1 atom stereocenters. The third-order valence-corrected chi connectivity index (χ3v) is 21.1. The predicted octanol–water partition coefficient (Wildman–Crippen LogP) is 18.6. The molecule has 0 spiro atoms. The molecule has 112 heavy (non-hydrogen) atoms. The number of aromatic hydroxyl groups is 1. The normalized spacial score (nSPS) is 12.2. The average molecular weight is 1600 g/mol. The number of rotatable bonds is 65. The lowest BCUT2D eigenvalue weighted by atomic mass is 10.0. The van der Waals surface area contributed by atoms with Gasteiger partial charge in [0.05, 0.1) is 32.5 Å². The van der Waals surface area contributed by atoms with Crippen LogP contribution >= 0.6 is 7.60 Å². The van der Waals surface area contributed by atoms with Crippen LogP contribution in [0.4, 0.5) is 26.1 Å². The van der Waals surface area contributed by atoms with Gasteiger partial charge in [0.15, 0.2) is 17.0 Å². The van der Waals surface area contributed by atoms with E-state index in [1.165, 1.54) is 146 Å². The molecule has 9 N–H and O–H groups in total. The van der Waals surface area contributed by atoms with Gasteiger partial charge in [0.25, 0.3) is 11.9 Å². The number of unbranched alkanes of at least 4 members (excludes halogenated alkanes) is 29. The molecule has 0 bridgehead atoms. The van der Waals surface area contributed by atoms with Crippen LogP contribution in [0.5, 0.6) is 6.01 Å². The molecule has 26 nitrogen and oxygen atoms in total. The Morgan fingerprint density at radius 1 is 0.500 bits per heavy atom. The molecule has 0 aliphatic heterocycles. The maximum Gasteiger partial charge on any atom is 0.410 e. The van der Waals surface area contributed by atoms with Gasteiger partial charge in [-0.15, -0.1) is 0 Å². The molecule has 27 heteroatoms. The lowest BCUT2D eigenvalue weighted by Crippen LogP contribution is -2.50. The Labute approximate surface area is 674 Å². The first-order valence-corrected chi connectivity index (χ1v) is 45.2. The van der Waals surface area contributed by atoms with Gasteiger partial charge >= 0.3 is 25.9 Å². The van der Waals surface area contributed by atoms with E-state index in [0.29, 0.717) is 115 Å². The van der Waals surface area contributed by atoms with Gasteiger partial charge in [-0.1, -0.05) is 206 Å². The van der Waals surface area contributed by atoms with E-state index in [4.69, 9.17) is 29.0 Å². The lowest BCUT2D eigenvalue weighted by Gasteiger charge is -2.29. The summed E-state index contributed by atoms with van der Waals surface area (Å²) in [6, 6.07) is 5.40. The van der Waals surface area contributed by atoms with Crippen LogP contribution in [0.3, 0.4) is 0 Å². The summed E-state index contributed by atoms with van der Waals surface area (Å²) in [6.45, 7) is 26.8. The fourth-order valence-corrected chi connectivity index (χ4v) is 14.5. The van der Waals surface area contributed by atoms with E-state index in [2.05, 4.69) is 67.6 Å². The zero-order chi connectivity index (χ0) is 82.3. The summed E-state index contributed by atoms with van der Waals surface area (Å²) in [4.78, 5) is 97.1. The Bertz CT molecular complexity index is 3060. The van der Waals surface area contributed by atoms with Gasteiger partial charge in [0, 0.05) is 51.4 Å². The van der Waals surface area contributed by atoms with E-state index >= 15 is 0 Å². The number of alkyl carbamates (subject to hydrolysis) is 1. The van der Waals surface area contributed by atoms with Gasteiger partial charge in [0.2, 0.25) is 17.8 Å². The summed E-state index contributed by atoms with van der Waals surface area (Å²) < 4.78 is 45.1. The monoisotopic (exact) mass is 1600 g/mol. The molecule has 3 aromatic rings. The maximum absolute atomic E-state index is 14.3. The van der Waals surface area contributed by atoms with Gasteiger partial charge in [-0.05, 0) is 164 Å². The van der Waals surface area contributed by atoms with E-state index in [9.17, 15) is 38.4 Å². The van der Waals surface area contributed by atoms with Gasteiger partial charge < -0.3 is 75.8 Å². The van der Waals surface area contributed by atoms with Crippen molar-refractivity contribution in [2.45, 2.75) is 356 Å². The van der Waals surface area contributed by atoms with Gasteiger partial charge in [-0.2, -0.15) is 15.0 Å². The van der Waals surface area contributed by atoms with Crippen LogP contribution in [0.15, 0.2) is 24.3 Å². The van der Waals surface area contributed by atoms with Gasteiger partial charge in [0.1, 0.15) is 22.8 Å². The maximum atomic E-state index is 14.3. The van der Waals surface area contributed by atoms with Crippen LogP contribution < -0.4 is 37.6 Å². The van der Waals surface area contributed by atoms with Gasteiger partial charge in [-0.3, -0.25) is 23.5 Å². The summed E-state index contributed by atoms with van der Waals surface area (Å²) in [7, 11) is -3.33. The summed E-state index contributed by atoms with van der Waals surface area (Å²) in [5.41, 5.74) is 5.64. The summed E-state index contributed by atoms with van der Waals surface area (Å²) in [6.07, 6.45) is 39.8. The first-order valence-electron chi connectivity index (χ1n) is 43.5. The zero-order valence-corrected chi connectivity index (χ0v) is 72.6. The van der Waals surface area contributed by atoms with E-state index in [1.54, 1.807) is 96.4 Å². The van der Waals surface area contributed by atoms with Crippen LogP contribution in [0.25, 0.3) is 11.2 Å². The fourth-order valence-electron chi connectivity index (χ4n) is 12.8. The molecule has 0 aliphatic carbocycles. The standard InChI is InChI=1S/C85H154N13O13P/c1-13-16-19-21-23-25-27-29-31-33-35-37-39-45-64-107-112(106,108-65-46-40-38-36-34-32-30-28-26-24-22-20-17-14-2)66-49-56-87-55-42-41-50-71(92-72(99)67-91-76(100)70-53-51-69(52-54-70)68-98-75-73(93-79(98)102)74(86)94-78(95-75)89-57-18-15-3)77(101)88-58-47-62-96(81(104)110-84(7,8)9)60-43-44-61-97(82(105)111-85(10,11)12)63-48-59-90-80(103)109-83(4,5)6/h51-54,71,87H,13-50,55-68H2,1-12H3,(H,88,101)(H,90,103)(H,91,100)(H,92,99)(H,93,102)(H3,86,89,94,95)/t71-/m0/s1. The number of fused-ring (bicyclic) bond motifs is 1. The largest absolute Gasteiger partial charge is 0.480 e. The SMILES string of the molecule is CCCCCCCCCCCCCCCCOP(=O)(CCCNCCCC[C@H](NC(=O)CNC(=O)c1ccc(Cn2c(O)nc3c(N)nc(NCCCC)nc32)cc1)C(=O)NCCCN(CCCCN(CCCNC(=O)OC(C)(C)C)C(=O)OC(C)(C)C)C(=O)OC(C)(C)C)OCCCCCCCCCCCCCCCC. The number of amides is 6. The topological polar surface area (TPSA) is 334 Å². The Morgan fingerprint density at radius 2 is 0.946 bits per heavy atom. The predicted molar refractivity (Wildman–Crippen MR) is 452 cm³/mol. The van der Waals surface area contributed by atoms with Crippen LogP contribution in [-0.4, -0.2) is 178 Å². The molecule has 6 amide bonds. The quantitative estimate of drug-likeness (QED) is 0.0148. The molecule has 2 aromatic heterocycles. The molecule has 3 rings (SSSR count). The van der Waals surface area contributed by atoms with Crippen molar-refractivity contribution >= 4 is 66.5 Å². The second-order valence-corrected chi connectivity index (χ2v) is 35.4. The van der Waals surface area contributed by atoms with Crippen molar-refractivity contribution in [3.05, 3.63) is 35.4 Å². The van der Waals surface area contributed by atoms with Crippen molar-refractivity contribution in [3.63, 3.8) is 0 Å². The minimum atomic E-state index is -3.33. The van der Waals surface area contributed by atoms with Crippen LogP contribution in [-0.2, 0) is 44.0 Å². The number of benzene rings is 1. The zero-order valence-electron chi connectivity index (χ0n) is 71.7. The molecular formula is C85H154N13O13P. The van der Waals surface area contributed by atoms with Crippen molar-refractivity contribution in [1.82, 2.24) is 55.9 Å². The average Bonchev–Trinajstić information content (AvgIpc) is 1.63. The number of hydrogen-bond donors (Lipinski definition) is 8. The number of nitrogens with two attached hydrogens (primary N) is 1. The number of carbonyl (C=O) groups is 6. The molecular weight excluding hydrogens is 1440 g/mol. The number of aromatic nitrogens is 4. The Morgan fingerprint density at radius 3 is 1.42 bits per heavy atom. The number of nitrogens with one attached hydrogen (secondary N) is 6. The lowest BCUT2D eigenvalue weighted by molar-refractivity contribution is -0.128. The molecule has 2 heterocycles. The number of ether oxygens (including phenoxy) is 3. The van der Waals surface area contributed by atoms with E-state index < -0.39 is 73.0 Å². The number of hydrogen-bond acceptors (Lipinski definition) is 19. The molecule has 642 valence electrons. The highest BCUT2D eigenvalue weighted by molar-refractivity contribution is 7.53. The van der Waals surface area contributed by atoms with E-state index in [1.807, 2.05) is 0 Å². The smallest absolute Gasteiger partial charge is 0.410 e. The molecule has 0 radical (unpaired) electrons. The third kappa shape index (κ3) is 48.7. The Kier molecular flexibility index (Phi) is 51.9. The second-order valence-electron chi connectivity index (χ2n) is 33.2. The molecule has 0 fully saturated rings. The van der Waals surface area contributed by atoms with Crippen molar-refractivity contribution in [2.75, 3.05) is 95.9 Å². The second kappa shape index (κ2) is 58.4. The van der Waals surface area contributed by atoms with E-state index in [-0.39, 0.29) is 55.5 Å². The first-order chi connectivity index (χ1) is 53.6. The number of imidazole rings is 1. The van der Waals surface area contributed by atoms with Crippen LogP contribution in [0.1, 0.15) is 343 Å². The minimum absolute atomic E-state index is 0.125. The Hall–Kier alpha value is -6.50. The first kappa shape index (κ1) is 99.7. The fraction of sp³-hybridized carbons (Fsp3) is 0.800. The summed E-state index contributed by atoms with van der Waals surface area (Å²) in [5.74, 6) is -1.07. The van der Waals surface area contributed by atoms with Crippen LogP contribution in [0, 0.1) is 0 Å². The number of nitrogen functional groups attached to an aromatic ring is 1. The molecule has 0 saturated heterocycles. The molecule has 1 aromatic carbocycles. The number of carbonyl (C=O) groups excluding carboxylic acids is 6. The van der Waals surface area contributed by atoms with Gasteiger partial charge in [-0.25, -0.2) is 14.4 Å². The minimum Gasteiger partial charge on any atom is -0.480 e. The van der Waals surface area contributed by atoms with E-state index in [0.717, 1.165) is 56.9 Å². The highest BCUT2D eigenvalue weighted by Gasteiger charge is 2.28. The highest BCUT2D eigenvalue weighted by atomic mass is 31.2. The third-order valence-electron chi connectivity index (χ3n) is 19.1.